The maximum absolute atomic E-state index is 8.06. The monoisotopic (exact) mass is 268 g/mol. The summed E-state index contributed by atoms with van der Waals surface area (Å²) in [6.45, 7) is 7.94. The summed E-state index contributed by atoms with van der Waals surface area (Å²) < 4.78 is 1.07. The highest BCUT2D eigenvalue weighted by molar-refractivity contribution is 9.10. The highest BCUT2D eigenvalue weighted by Crippen LogP contribution is 2.18. The zero-order valence-electron chi connectivity index (χ0n) is 9.47. The largest absolute Gasteiger partial charge is 0.357 e. The third-order valence-corrected chi connectivity index (χ3v) is 3.38. The minimum atomic E-state index is 0.598. The van der Waals surface area contributed by atoms with Crippen LogP contribution in [0.25, 0.3) is 0 Å². The van der Waals surface area contributed by atoms with Crippen molar-refractivity contribution in [2.45, 2.75) is 20.8 Å². The van der Waals surface area contributed by atoms with Gasteiger partial charge in [-0.2, -0.15) is 0 Å². The molecule has 0 radical (unpaired) electrons. The van der Waals surface area contributed by atoms with Crippen molar-refractivity contribution in [2.24, 2.45) is 0 Å². The van der Waals surface area contributed by atoms with Crippen LogP contribution in [0.3, 0.4) is 0 Å². The van der Waals surface area contributed by atoms with E-state index in [2.05, 4.69) is 36.7 Å². The number of nitrogens with one attached hydrogen (secondary N) is 1. The number of amidine groups is 1. The summed E-state index contributed by atoms with van der Waals surface area (Å²) in [7, 11) is 0. The number of benzene rings is 1. The van der Waals surface area contributed by atoms with E-state index < -0.39 is 0 Å². The average molecular weight is 269 g/mol. The van der Waals surface area contributed by atoms with Crippen molar-refractivity contribution >= 4 is 21.8 Å². The average Bonchev–Trinajstić information content (AvgIpc) is 2.23. The van der Waals surface area contributed by atoms with Crippen molar-refractivity contribution in [1.29, 1.82) is 5.41 Å². The Morgan fingerprint density at radius 1 is 1.33 bits per heavy atom. The van der Waals surface area contributed by atoms with Crippen molar-refractivity contribution in [1.82, 2.24) is 4.90 Å². The van der Waals surface area contributed by atoms with Crippen molar-refractivity contribution in [3.8, 4) is 0 Å². The standard InChI is InChI=1S/C12H17BrN2/c1-4-15(5-2)12(14)10-7-6-9(3)11(13)8-10/h6-8,14H,4-5H2,1-3H3. The molecule has 0 saturated heterocycles. The number of rotatable bonds is 3. The Morgan fingerprint density at radius 2 is 1.93 bits per heavy atom. The van der Waals surface area contributed by atoms with Crippen LogP contribution in [0.5, 0.6) is 0 Å². The van der Waals surface area contributed by atoms with E-state index in [9.17, 15) is 0 Å². The molecule has 0 aliphatic carbocycles. The van der Waals surface area contributed by atoms with E-state index in [4.69, 9.17) is 5.41 Å². The van der Waals surface area contributed by atoms with E-state index in [1.165, 1.54) is 5.56 Å². The molecule has 1 aromatic carbocycles. The molecule has 15 heavy (non-hydrogen) atoms. The van der Waals surface area contributed by atoms with Gasteiger partial charge in [0.05, 0.1) is 0 Å². The lowest BCUT2D eigenvalue weighted by molar-refractivity contribution is 0.463. The lowest BCUT2D eigenvalue weighted by Crippen LogP contribution is -2.30. The fraction of sp³-hybridized carbons (Fsp3) is 0.417. The molecule has 0 bridgehead atoms. The number of aryl methyl sites for hydroxylation is 1. The first-order valence-electron chi connectivity index (χ1n) is 5.20. The van der Waals surface area contributed by atoms with Gasteiger partial charge in [0.15, 0.2) is 0 Å². The van der Waals surface area contributed by atoms with E-state index in [0.29, 0.717) is 5.84 Å². The minimum absolute atomic E-state index is 0.598. The highest BCUT2D eigenvalue weighted by atomic mass is 79.9. The Bertz CT molecular complexity index is 357. The van der Waals surface area contributed by atoms with Gasteiger partial charge in [0.1, 0.15) is 5.84 Å². The minimum Gasteiger partial charge on any atom is -0.357 e. The van der Waals surface area contributed by atoms with Gasteiger partial charge >= 0.3 is 0 Å². The van der Waals surface area contributed by atoms with E-state index >= 15 is 0 Å². The number of halogens is 1. The molecule has 1 rings (SSSR count). The van der Waals surface area contributed by atoms with E-state index in [1.807, 2.05) is 23.1 Å². The smallest absolute Gasteiger partial charge is 0.128 e. The molecule has 0 aromatic heterocycles. The fourth-order valence-corrected chi connectivity index (χ4v) is 1.84. The predicted molar refractivity (Wildman–Crippen MR) is 68.6 cm³/mol. The Labute approximate surface area is 99.9 Å². The van der Waals surface area contributed by atoms with E-state index in [1.54, 1.807) is 0 Å². The van der Waals surface area contributed by atoms with Gasteiger partial charge in [-0.05, 0) is 32.4 Å². The van der Waals surface area contributed by atoms with Crippen molar-refractivity contribution in [3.05, 3.63) is 33.8 Å². The van der Waals surface area contributed by atoms with E-state index in [-0.39, 0.29) is 0 Å². The summed E-state index contributed by atoms with van der Waals surface area (Å²) in [5.74, 6) is 0.598. The topological polar surface area (TPSA) is 27.1 Å². The molecule has 0 unspecified atom stereocenters. The van der Waals surface area contributed by atoms with Crippen molar-refractivity contribution < 1.29 is 0 Å². The van der Waals surface area contributed by atoms with Crippen molar-refractivity contribution in [2.75, 3.05) is 13.1 Å². The van der Waals surface area contributed by atoms with Crippen LogP contribution in [0.4, 0.5) is 0 Å². The second kappa shape index (κ2) is 5.31. The maximum atomic E-state index is 8.06. The van der Waals surface area contributed by atoms with Crippen molar-refractivity contribution in [3.63, 3.8) is 0 Å². The van der Waals surface area contributed by atoms with Gasteiger partial charge < -0.3 is 4.90 Å². The quantitative estimate of drug-likeness (QED) is 0.660. The lowest BCUT2D eigenvalue weighted by Gasteiger charge is -2.21. The Morgan fingerprint density at radius 3 is 2.40 bits per heavy atom. The van der Waals surface area contributed by atoms with Crippen LogP contribution in [0.1, 0.15) is 25.0 Å². The van der Waals surface area contributed by atoms with Crippen LogP contribution in [0.15, 0.2) is 22.7 Å². The third-order valence-electron chi connectivity index (χ3n) is 2.52. The molecule has 0 fully saturated rings. The molecule has 3 heteroatoms. The van der Waals surface area contributed by atoms with Gasteiger partial charge in [-0.15, -0.1) is 0 Å². The van der Waals surface area contributed by atoms with Crippen LogP contribution in [0, 0.1) is 12.3 Å². The normalized spacial score (nSPS) is 10.1. The Kier molecular flexibility index (Phi) is 4.33. The summed E-state index contributed by atoms with van der Waals surface area (Å²) in [6, 6.07) is 6.05. The summed E-state index contributed by atoms with van der Waals surface area (Å²) >= 11 is 3.49. The molecule has 0 spiro atoms. The van der Waals surface area contributed by atoms with Gasteiger partial charge in [-0.1, -0.05) is 28.1 Å². The molecule has 1 aromatic rings. The van der Waals surface area contributed by atoms with Gasteiger partial charge in [0, 0.05) is 23.1 Å². The second-order valence-corrected chi connectivity index (χ2v) is 4.34. The van der Waals surface area contributed by atoms with Gasteiger partial charge in [-0.25, -0.2) is 0 Å². The molecular weight excluding hydrogens is 252 g/mol. The summed E-state index contributed by atoms with van der Waals surface area (Å²) in [4.78, 5) is 2.04. The molecule has 2 nitrogen and oxygen atoms in total. The van der Waals surface area contributed by atoms with Gasteiger partial charge in [0.25, 0.3) is 0 Å². The number of hydrogen-bond acceptors (Lipinski definition) is 1. The molecule has 0 amide bonds. The third kappa shape index (κ3) is 2.81. The van der Waals surface area contributed by atoms with Crippen LogP contribution in [0.2, 0.25) is 0 Å². The molecule has 0 aliphatic rings. The molecule has 82 valence electrons. The summed E-state index contributed by atoms with van der Waals surface area (Å²) in [5, 5.41) is 8.06. The molecule has 0 heterocycles. The van der Waals surface area contributed by atoms with Crippen LogP contribution < -0.4 is 0 Å². The first kappa shape index (κ1) is 12.2. The molecule has 0 aliphatic heterocycles. The first-order valence-corrected chi connectivity index (χ1v) is 5.99. The zero-order chi connectivity index (χ0) is 11.4. The van der Waals surface area contributed by atoms with Crippen LogP contribution in [-0.2, 0) is 0 Å². The van der Waals surface area contributed by atoms with E-state index in [0.717, 1.165) is 23.1 Å². The Hall–Kier alpha value is -0.830. The predicted octanol–water partition coefficient (Wildman–Crippen LogP) is 3.42. The molecular formula is C12H17BrN2. The zero-order valence-corrected chi connectivity index (χ0v) is 11.1. The van der Waals surface area contributed by atoms with Gasteiger partial charge in [0.2, 0.25) is 0 Å². The Balaban J connectivity index is 2.96. The molecule has 0 saturated carbocycles. The molecule has 1 N–H and O–H groups in total. The number of hydrogen-bond donors (Lipinski definition) is 1. The van der Waals surface area contributed by atoms with Gasteiger partial charge in [-0.3, -0.25) is 5.41 Å². The fourth-order valence-electron chi connectivity index (χ4n) is 1.46. The summed E-state index contributed by atoms with van der Waals surface area (Å²) in [6.07, 6.45) is 0. The maximum Gasteiger partial charge on any atom is 0.128 e. The lowest BCUT2D eigenvalue weighted by atomic mass is 10.1. The summed E-state index contributed by atoms with van der Waals surface area (Å²) in [5.41, 5.74) is 2.17. The molecule has 0 atom stereocenters. The highest BCUT2D eigenvalue weighted by Gasteiger charge is 2.08. The van der Waals surface area contributed by atoms with Crippen LogP contribution >= 0.6 is 15.9 Å². The van der Waals surface area contributed by atoms with Crippen LogP contribution in [-0.4, -0.2) is 23.8 Å². The second-order valence-electron chi connectivity index (χ2n) is 3.48. The number of nitrogens with zero attached hydrogens (tertiary/aromatic N) is 1. The first-order chi connectivity index (χ1) is 7.10. The SMILES string of the molecule is CCN(CC)C(=N)c1ccc(C)c(Br)c1.